The van der Waals surface area contributed by atoms with E-state index in [1.807, 2.05) is 56.3 Å². The van der Waals surface area contributed by atoms with Gasteiger partial charge >= 0.3 is 0 Å². The van der Waals surface area contributed by atoms with Crippen molar-refractivity contribution in [3.05, 3.63) is 71.5 Å². The number of aryl methyl sites for hydroxylation is 1. The lowest BCUT2D eigenvalue weighted by atomic mass is 10.1. The van der Waals surface area contributed by atoms with Gasteiger partial charge in [0.1, 0.15) is 11.4 Å². The molecule has 0 atom stereocenters. The van der Waals surface area contributed by atoms with Gasteiger partial charge in [0.25, 0.3) is 5.91 Å². The number of para-hydroxylation sites is 2. The van der Waals surface area contributed by atoms with E-state index in [1.54, 1.807) is 19.4 Å². The lowest BCUT2D eigenvalue weighted by Crippen LogP contribution is -2.15. The van der Waals surface area contributed by atoms with E-state index in [0.717, 1.165) is 22.5 Å². The first-order chi connectivity index (χ1) is 12.6. The van der Waals surface area contributed by atoms with Gasteiger partial charge in [0.05, 0.1) is 12.8 Å². The van der Waals surface area contributed by atoms with Gasteiger partial charge in [-0.1, -0.05) is 24.3 Å². The zero-order valence-corrected chi connectivity index (χ0v) is 14.9. The van der Waals surface area contributed by atoms with Crippen LogP contribution in [0.25, 0.3) is 0 Å². The molecule has 0 aliphatic rings. The highest BCUT2D eigenvalue weighted by Gasteiger charge is 2.12. The fraction of sp³-hybridized carbons (Fsp3) is 0.150. The van der Waals surface area contributed by atoms with Crippen LogP contribution in [0.3, 0.4) is 0 Å². The molecule has 132 valence electrons. The molecular weight excluding hydrogens is 328 g/mol. The molecule has 26 heavy (non-hydrogen) atoms. The minimum atomic E-state index is -0.288. The summed E-state index contributed by atoms with van der Waals surface area (Å²) in [5, 5.41) is 5.98. The maximum Gasteiger partial charge on any atom is 0.274 e. The summed E-state index contributed by atoms with van der Waals surface area (Å²) < 4.78 is 5.30. The van der Waals surface area contributed by atoms with E-state index in [0.29, 0.717) is 11.7 Å². The maximum absolute atomic E-state index is 12.6. The van der Waals surface area contributed by atoms with Crippen LogP contribution in [-0.2, 0) is 0 Å². The topological polar surface area (TPSA) is 76.1 Å². The van der Waals surface area contributed by atoms with E-state index in [4.69, 9.17) is 4.74 Å². The number of hydrogen-bond donors (Lipinski definition) is 2. The Labute approximate surface area is 152 Å². The highest BCUT2D eigenvalue weighted by molar-refractivity contribution is 6.03. The van der Waals surface area contributed by atoms with E-state index in [-0.39, 0.29) is 11.6 Å². The Kier molecular flexibility index (Phi) is 5.12. The third-order valence-electron chi connectivity index (χ3n) is 4.09. The summed E-state index contributed by atoms with van der Waals surface area (Å²) in [6.07, 6.45) is 1.54. The Morgan fingerprint density at radius 1 is 1.00 bits per heavy atom. The predicted octanol–water partition coefficient (Wildman–Crippen LogP) is 4.10. The molecule has 3 aromatic rings. The maximum atomic E-state index is 12.6. The number of anilines is 3. The van der Waals surface area contributed by atoms with Crippen molar-refractivity contribution in [3.8, 4) is 5.75 Å². The third-order valence-corrected chi connectivity index (χ3v) is 4.09. The first-order valence-electron chi connectivity index (χ1n) is 8.19. The number of rotatable bonds is 5. The molecule has 2 aromatic carbocycles. The van der Waals surface area contributed by atoms with Crippen LogP contribution in [0.5, 0.6) is 5.75 Å². The van der Waals surface area contributed by atoms with Gasteiger partial charge in [-0.3, -0.25) is 4.79 Å². The standard InChI is InChI=1S/C20H20N4O2/c1-13-7-6-9-15(14(13)2)22-19(25)17-11-12-21-20(24-17)23-16-8-4-5-10-18(16)26-3/h4-12H,1-3H3,(H,22,25)(H,21,23,24). The summed E-state index contributed by atoms with van der Waals surface area (Å²) in [7, 11) is 1.59. The number of hydrogen-bond acceptors (Lipinski definition) is 5. The predicted molar refractivity (Wildman–Crippen MR) is 102 cm³/mol. The Morgan fingerprint density at radius 2 is 1.77 bits per heavy atom. The number of nitrogens with one attached hydrogen (secondary N) is 2. The van der Waals surface area contributed by atoms with Crippen LogP contribution in [0.4, 0.5) is 17.3 Å². The van der Waals surface area contributed by atoms with E-state index in [1.165, 1.54) is 0 Å². The summed E-state index contributed by atoms with van der Waals surface area (Å²) in [4.78, 5) is 21.0. The average Bonchev–Trinajstić information content (AvgIpc) is 2.66. The van der Waals surface area contributed by atoms with Gasteiger partial charge in [0, 0.05) is 11.9 Å². The number of carbonyl (C=O) groups is 1. The van der Waals surface area contributed by atoms with Crippen LogP contribution < -0.4 is 15.4 Å². The molecule has 0 radical (unpaired) electrons. The van der Waals surface area contributed by atoms with Crippen molar-refractivity contribution >= 4 is 23.2 Å². The molecule has 2 N–H and O–H groups in total. The number of ether oxygens (including phenoxy) is 1. The minimum Gasteiger partial charge on any atom is -0.495 e. The summed E-state index contributed by atoms with van der Waals surface area (Å²) in [6.45, 7) is 3.98. The van der Waals surface area contributed by atoms with Crippen molar-refractivity contribution in [1.29, 1.82) is 0 Å². The van der Waals surface area contributed by atoms with Crippen LogP contribution in [0, 0.1) is 13.8 Å². The van der Waals surface area contributed by atoms with Crippen LogP contribution in [0.2, 0.25) is 0 Å². The fourth-order valence-electron chi connectivity index (χ4n) is 2.49. The van der Waals surface area contributed by atoms with Crippen LogP contribution in [0.1, 0.15) is 21.6 Å². The molecule has 0 saturated heterocycles. The van der Waals surface area contributed by atoms with Crippen molar-refractivity contribution < 1.29 is 9.53 Å². The molecule has 0 fully saturated rings. The summed E-state index contributed by atoms with van der Waals surface area (Å²) >= 11 is 0. The number of amides is 1. The second kappa shape index (κ2) is 7.65. The van der Waals surface area contributed by atoms with Crippen molar-refractivity contribution in [1.82, 2.24) is 9.97 Å². The van der Waals surface area contributed by atoms with Gasteiger partial charge in [0.2, 0.25) is 5.95 Å². The van der Waals surface area contributed by atoms with Crippen molar-refractivity contribution in [2.45, 2.75) is 13.8 Å². The van der Waals surface area contributed by atoms with Gasteiger partial charge < -0.3 is 15.4 Å². The summed E-state index contributed by atoms with van der Waals surface area (Å²) in [6, 6.07) is 14.8. The number of methoxy groups -OCH3 is 1. The van der Waals surface area contributed by atoms with Crippen LogP contribution >= 0.6 is 0 Å². The molecule has 1 aromatic heterocycles. The van der Waals surface area contributed by atoms with E-state index >= 15 is 0 Å². The van der Waals surface area contributed by atoms with E-state index < -0.39 is 0 Å². The molecule has 3 rings (SSSR count). The van der Waals surface area contributed by atoms with Gasteiger partial charge in [-0.2, -0.15) is 0 Å². The monoisotopic (exact) mass is 348 g/mol. The van der Waals surface area contributed by atoms with E-state index in [9.17, 15) is 4.79 Å². The molecule has 1 heterocycles. The smallest absolute Gasteiger partial charge is 0.274 e. The molecule has 6 heteroatoms. The number of nitrogens with zero attached hydrogens (tertiary/aromatic N) is 2. The largest absolute Gasteiger partial charge is 0.495 e. The zero-order valence-electron chi connectivity index (χ0n) is 14.9. The average molecular weight is 348 g/mol. The summed E-state index contributed by atoms with van der Waals surface area (Å²) in [5.74, 6) is 0.702. The quantitative estimate of drug-likeness (QED) is 0.726. The first-order valence-corrected chi connectivity index (χ1v) is 8.19. The SMILES string of the molecule is COc1ccccc1Nc1nccc(C(=O)Nc2cccc(C)c2C)n1. The second-order valence-electron chi connectivity index (χ2n) is 5.79. The fourth-order valence-corrected chi connectivity index (χ4v) is 2.49. The lowest BCUT2D eigenvalue weighted by Gasteiger charge is -2.11. The molecule has 0 aliphatic heterocycles. The van der Waals surface area contributed by atoms with Crippen molar-refractivity contribution in [2.75, 3.05) is 17.7 Å². The Morgan fingerprint density at radius 3 is 2.58 bits per heavy atom. The van der Waals surface area contributed by atoms with Crippen molar-refractivity contribution in [3.63, 3.8) is 0 Å². The van der Waals surface area contributed by atoms with Crippen LogP contribution in [0.15, 0.2) is 54.7 Å². The zero-order chi connectivity index (χ0) is 18.5. The van der Waals surface area contributed by atoms with Crippen molar-refractivity contribution in [2.24, 2.45) is 0 Å². The molecule has 1 amide bonds. The second-order valence-corrected chi connectivity index (χ2v) is 5.79. The van der Waals surface area contributed by atoms with Gasteiger partial charge in [-0.15, -0.1) is 0 Å². The molecule has 6 nitrogen and oxygen atoms in total. The molecule has 0 unspecified atom stereocenters. The molecule has 0 bridgehead atoms. The highest BCUT2D eigenvalue weighted by atomic mass is 16.5. The number of carbonyl (C=O) groups excluding carboxylic acids is 1. The Hall–Kier alpha value is -3.41. The lowest BCUT2D eigenvalue weighted by molar-refractivity contribution is 0.102. The Balaban J connectivity index is 1.80. The third kappa shape index (κ3) is 3.80. The molecule has 0 saturated carbocycles. The molecular formula is C20H20N4O2. The summed E-state index contributed by atoms with van der Waals surface area (Å²) in [5.41, 5.74) is 3.92. The normalized spacial score (nSPS) is 10.3. The van der Waals surface area contributed by atoms with E-state index in [2.05, 4.69) is 20.6 Å². The number of aromatic nitrogens is 2. The first kappa shape index (κ1) is 17.4. The number of benzene rings is 2. The highest BCUT2D eigenvalue weighted by Crippen LogP contribution is 2.25. The van der Waals surface area contributed by atoms with Gasteiger partial charge in [0.15, 0.2) is 0 Å². The van der Waals surface area contributed by atoms with Crippen LogP contribution in [-0.4, -0.2) is 23.0 Å². The molecule has 0 spiro atoms. The molecule has 0 aliphatic carbocycles. The Bertz CT molecular complexity index is 941. The van der Waals surface area contributed by atoms with Gasteiger partial charge in [-0.05, 0) is 49.2 Å². The minimum absolute atomic E-state index is 0.276. The van der Waals surface area contributed by atoms with Gasteiger partial charge in [-0.25, -0.2) is 9.97 Å².